The number of anilines is 1. The first-order valence-corrected chi connectivity index (χ1v) is 9.08. The second-order valence-corrected chi connectivity index (χ2v) is 6.48. The number of nitrogens with one attached hydrogen (secondary N) is 2. The number of nitrogens with zero attached hydrogens (tertiary/aromatic N) is 3. The van der Waals surface area contributed by atoms with Gasteiger partial charge in [-0.15, -0.1) is 0 Å². The molecule has 1 aliphatic heterocycles. The molecule has 0 spiro atoms. The van der Waals surface area contributed by atoms with Crippen molar-refractivity contribution >= 4 is 29.2 Å². The minimum absolute atomic E-state index is 0.0943. The summed E-state index contributed by atoms with van der Waals surface area (Å²) < 4.78 is 10.1. The molecule has 1 amide bonds. The van der Waals surface area contributed by atoms with Crippen molar-refractivity contribution in [3.63, 3.8) is 0 Å². The van der Waals surface area contributed by atoms with Crippen molar-refractivity contribution in [2.75, 3.05) is 5.32 Å². The number of hydrogen-bond donors (Lipinski definition) is 3. The Labute approximate surface area is 171 Å². The summed E-state index contributed by atoms with van der Waals surface area (Å²) in [6.45, 7) is 1.71. The fraction of sp³-hybridized carbons (Fsp3) is 0.0952. The first kappa shape index (κ1) is 19.1. The third kappa shape index (κ3) is 3.95. The van der Waals surface area contributed by atoms with Crippen LogP contribution in [0.15, 0.2) is 75.2 Å². The van der Waals surface area contributed by atoms with Crippen LogP contribution in [0, 0.1) is 12.3 Å². The molecule has 150 valence electrons. The van der Waals surface area contributed by atoms with Crippen LogP contribution in [-0.4, -0.2) is 34.9 Å². The van der Waals surface area contributed by atoms with Gasteiger partial charge in [-0.3, -0.25) is 10.2 Å². The van der Waals surface area contributed by atoms with E-state index in [2.05, 4.69) is 20.5 Å². The van der Waals surface area contributed by atoms with Crippen LogP contribution in [0.4, 0.5) is 5.69 Å². The number of amidine groups is 1. The Morgan fingerprint density at radius 1 is 1.20 bits per heavy atom. The number of benzene rings is 2. The lowest BCUT2D eigenvalue weighted by atomic mass is 10.0. The average molecular weight is 402 g/mol. The summed E-state index contributed by atoms with van der Waals surface area (Å²) in [5, 5.41) is 14.4. The molecule has 1 atom stereocenters. The van der Waals surface area contributed by atoms with Gasteiger partial charge in [-0.2, -0.15) is 4.99 Å². The zero-order valence-corrected chi connectivity index (χ0v) is 16.0. The Bertz CT molecular complexity index is 1170. The maximum atomic E-state index is 12.7. The van der Waals surface area contributed by atoms with Gasteiger partial charge in [0.2, 0.25) is 11.9 Å². The number of amides is 1. The van der Waals surface area contributed by atoms with Crippen LogP contribution >= 0.6 is 0 Å². The maximum Gasteiger partial charge on any atom is 0.291 e. The van der Waals surface area contributed by atoms with Crippen molar-refractivity contribution in [3.8, 4) is 0 Å². The first-order valence-electron chi connectivity index (χ1n) is 9.08. The fourth-order valence-corrected chi connectivity index (χ4v) is 2.93. The molecule has 3 aromatic rings. The number of rotatable bonds is 3. The van der Waals surface area contributed by atoms with Crippen LogP contribution in [-0.2, 0) is 9.53 Å². The summed E-state index contributed by atoms with van der Waals surface area (Å²) in [6, 6.07) is 17.9. The molecular formula is C21H18N6O3. The Morgan fingerprint density at radius 2 is 1.93 bits per heavy atom. The normalized spacial score (nSPS) is 16.2. The molecule has 0 radical (unpaired) electrons. The van der Waals surface area contributed by atoms with E-state index in [0.717, 1.165) is 11.1 Å². The molecule has 1 aromatic heterocycles. The monoisotopic (exact) mass is 402 g/mol. The first-order chi connectivity index (χ1) is 14.5. The summed E-state index contributed by atoms with van der Waals surface area (Å²) >= 11 is 0. The van der Waals surface area contributed by atoms with Gasteiger partial charge in [-0.05, 0) is 13.0 Å². The highest BCUT2D eigenvalue weighted by atomic mass is 16.5. The molecule has 0 saturated carbocycles. The van der Waals surface area contributed by atoms with Gasteiger partial charge in [0.25, 0.3) is 17.8 Å². The Hall–Kier alpha value is -4.27. The molecule has 1 unspecified atom stereocenters. The number of hydrogen-bond acceptors (Lipinski definition) is 7. The average Bonchev–Trinajstić information content (AvgIpc) is 3.13. The van der Waals surface area contributed by atoms with Crippen molar-refractivity contribution in [1.29, 1.82) is 5.41 Å². The number of aliphatic imine (C=N–C) groups is 2. The standard InChI is InChI=1S/C21H18N6O3/c1-12-11-16(30-27-12)18(22)29-21(23)26-19-20(28)24-15-10-6-5-9-14(15)17(25-19)13-7-3-2-4-8-13/h2-11,19,22H,1H3,(H2,23,26)(H,24,28). The predicted molar refractivity (Wildman–Crippen MR) is 112 cm³/mol. The summed E-state index contributed by atoms with van der Waals surface area (Å²) in [5.74, 6) is -0.750. The van der Waals surface area contributed by atoms with E-state index in [0.29, 0.717) is 17.1 Å². The zero-order valence-electron chi connectivity index (χ0n) is 16.0. The molecule has 4 N–H and O–H groups in total. The lowest BCUT2D eigenvalue weighted by molar-refractivity contribution is -0.117. The van der Waals surface area contributed by atoms with Gasteiger partial charge in [0, 0.05) is 17.2 Å². The number of fused-ring (bicyclic) bond motifs is 1. The molecule has 1 aliphatic rings. The predicted octanol–water partition coefficient (Wildman–Crippen LogP) is 2.46. The lowest BCUT2D eigenvalue weighted by Crippen LogP contribution is -2.29. The molecule has 30 heavy (non-hydrogen) atoms. The zero-order chi connectivity index (χ0) is 21.1. The Balaban J connectivity index is 1.68. The summed E-state index contributed by atoms with van der Waals surface area (Å²) in [5.41, 5.74) is 9.21. The highest BCUT2D eigenvalue weighted by molar-refractivity contribution is 6.19. The van der Waals surface area contributed by atoms with Crippen molar-refractivity contribution in [1.82, 2.24) is 5.16 Å². The van der Waals surface area contributed by atoms with E-state index in [1.54, 1.807) is 13.0 Å². The van der Waals surface area contributed by atoms with Gasteiger partial charge in [0.1, 0.15) is 0 Å². The SMILES string of the molecule is Cc1cc(C(=N)O/C(N)=N/C2N=C(c3ccccc3)c3ccccc3NC2=O)on1. The van der Waals surface area contributed by atoms with Crippen LogP contribution in [0.2, 0.25) is 0 Å². The van der Waals surface area contributed by atoms with E-state index in [1.165, 1.54) is 6.07 Å². The van der Waals surface area contributed by atoms with Crippen LogP contribution in [0.1, 0.15) is 22.6 Å². The molecule has 0 fully saturated rings. The van der Waals surface area contributed by atoms with Crippen LogP contribution < -0.4 is 11.1 Å². The van der Waals surface area contributed by atoms with Crippen molar-refractivity contribution in [3.05, 3.63) is 83.2 Å². The molecule has 9 nitrogen and oxygen atoms in total. The number of nitrogens with two attached hydrogens (primary N) is 1. The molecule has 4 rings (SSSR count). The molecule has 2 aromatic carbocycles. The second-order valence-electron chi connectivity index (χ2n) is 6.48. The smallest absolute Gasteiger partial charge is 0.291 e. The van der Waals surface area contributed by atoms with Gasteiger partial charge < -0.3 is 20.3 Å². The number of para-hydroxylation sites is 1. The second kappa shape index (κ2) is 8.00. The highest BCUT2D eigenvalue weighted by Crippen LogP contribution is 2.24. The summed E-state index contributed by atoms with van der Waals surface area (Å²) in [6.07, 6.45) is -1.20. The molecule has 2 heterocycles. The third-order valence-corrected chi connectivity index (χ3v) is 4.28. The molecular weight excluding hydrogens is 384 g/mol. The van der Waals surface area contributed by atoms with Gasteiger partial charge in [0.05, 0.1) is 17.1 Å². The Kier molecular flexibility index (Phi) is 5.08. The van der Waals surface area contributed by atoms with Gasteiger partial charge in [0.15, 0.2) is 0 Å². The fourth-order valence-electron chi connectivity index (χ4n) is 2.93. The molecule has 0 bridgehead atoms. The van der Waals surface area contributed by atoms with E-state index in [-0.39, 0.29) is 11.7 Å². The number of benzodiazepines with no additional fused rings is 1. The van der Waals surface area contributed by atoms with Crippen molar-refractivity contribution in [2.24, 2.45) is 15.7 Å². The van der Waals surface area contributed by atoms with Crippen molar-refractivity contribution in [2.45, 2.75) is 13.1 Å². The highest BCUT2D eigenvalue weighted by Gasteiger charge is 2.26. The third-order valence-electron chi connectivity index (χ3n) is 4.28. The van der Waals surface area contributed by atoms with Gasteiger partial charge >= 0.3 is 0 Å². The van der Waals surface area contributed by atoms with E-state index < -0.39 is 18.1 Å². The van der Waals surface area contributed by atoms with E-state index in [1.807, 2.05) is 48.5 Å². The van der Waals surface area contributed by atoms with E-state index >= 15 is 0 Å². The summed E-state index contributed by atoms with van der Waals surface area (Å²) in [7, 11) is 0. The van der Waals surface area contributed by atoms with Crippen LogP contribution in [0.25, 0.3) is 0 Å². The molecule has 9 heteroatoms. The van der Waals surface area contributed by atoms with Crippen LogP contribution in [0.3, 0.4) is 0 Å². The van der Waals surface area contributed by atoms with Crippen molar-refractivity contribution < 1.29 is 14.1 Å². The van der Waals surface area contributed by atoms with Gasteiger partial charge in [-0.25, -0.2) is 4.99 Å². The largest absolute Gasteiger partial charge is 0.404 e. The minimum Gasteiger partial charge on any atom is -0.404 e. The number of carbonyl (C=O) groups is 1. The topological polar surface area (TPSA) is 139 Å². The minimum atomic E-state index is -1.20. The Morgan fingerprint density at radius 3 is 2.67 bits per heavy atom. The van der Waals surface area contributed by atoms with E-state index in [4.69, 9.17) is 20.4 Å². The van der Waals surface area contributed by atoms with Gasteiger partial charge in [-0.1, -0.05) is 53.7 Å². The quantitative estimate of drug-likeness (QED) is 0.456. The number of ether oxygens (including phenoxy) is 1. The number of carbonyl (C=O) groups excluding carboxylic acids is 1. The number of aryl methyl sites for hydroxylation is 1. The maximum absolute atomic E-state index is 12.7. The molecule has 0 saturated heterocycles. The lowest BCUT2D eigenvalue weighted by Gasteiger charge is -2.09. The van der Waals surface area contributed by atoms with Crippen LogP contribution in [0.5, 0.6) is 0 Å². The molecule has 0 aliphatic carbocycles. The summed E-state index contributed by atoms with van der Waals surface area (Å²) in [4.78, 5) is 21.4. The number of aromatic nitrogens is 1. The van der Waals surface area contributed by atoms with E-state index in [9.17, 15) is 4.79 Å².